The predicted octanol–water partition coefficient (Wildman–Crippen LogP) is 5.46. The number of methoxy groups -OCH3 is 1. The van der Waals surface area contributed by atoms with Gasteiger partial charge in [-0.1, -0.05) is 47.5 Å². The standard InChI is InChI=1S/C19H18Cl2N4O/c1-12-10-17(24-15-8-5-7-14(20)18(15)21)25-19(23-12)22-11-13-6-3-4-9-16(13)26-2/h3-10H,11H2,1-2H3,(H2,22,23,24,25). The topological polar surface area (TPSA) is 59.1 Å². The summed E-state index contributed by atoms with van der Waals surface area (Å²) in [5, 5.41) is 7.35. The van der Waals surface area contributed by atoms with Crippen LogP contribution < -0.4 is 15.4 Å². The Hall–Kier alpha value is -2.50. The van der Waals surface area contributed by atoms with E-state index in [4.69, 9.17) is 27.9 Å². The summed E-state index contributed by atoms with van der Waals surface area (Å²) in [4.78, 5) is 8.92. The lowest BCUT2D eigenvalue weighted by Crippen LogP contribution is -2.07. The third kappa shape index (κ3) is 4.36. The summed E-state index contributed by atoms with van der Waals surface area (Å²) < 4.78 is 5.36. The Labute approximate surface area is 162 Å². The molecule has 0 saturated carbocycles. The van der Waals surface area contributed by atoms with Crippen LogP contribution >= 0.6 is 23.2 Å². The summed E-state index contributed by atoms with van der Waals surface area (Å²) in [6.45, 7) is 2.45. The number of nitrogens with one attached hydrogen (secondary N) is 2. The van der Waals surface area contributed by atoms with Crippen LogP contribution in [-0.4, -0.2) is 17.1 Å². The molecule has 0 saturated heterocycles. The molecule has 0 aliphatic heterocycles. The normalized spacial score (nSPS) is 10.5. The van der Waals surface area contributed by atoms with Crippen molar-refractivity contribution in [2.75, 3.05) is 17.7 Å². The Morgan fingerprint density at radius 1 is 1.04 bits per heavy atom. The van der Waals surface area contributed by atoms with Crippen LogP contribution in [0.4, 0.5) is 17.5 Å². The maximum absolute atomic E-state index is 6.23. The molecule has 0 aliphatic rings. The maximum atomic E-state index is 6.23. The Kier molecular flexibility index (Phi) is 5.81. The first-order valence-corrected chi connectivity index (χ1v) is 8.75. The SMILES string of the molecule is COc1ccccc1CNc1nc(C)cc(Nc2cccc(Cl)c2Cl)n1. The van der Waals surface area contributed by atoms with Crippen LogP contribution in [0.15, 0.2) is 48.5 Å². The molecule has 134 valence electrons. The van der Waals surface area contributed by atoms with Gasteiger partial charge < -0.3 is 15.4 Å². The highest BCUT2D eigenvalue weighted by Crippen LogP contribution is 2.31. The summed E-state index contributed by atoms with van der Waals surface area (Å²) in [6.07, 6.45) is 0. The van der Waals surface area contributed by atoms with Crippen molar-refractivity contribution in [1.82, 2.24) is 9.97 Å². The third-order valence-electron chi connectivity index (χ3n) is 3.70. The number of halogens is 2. The van der Waals surface area contributed by atoms with Crippen molar-refractivity contribution < 1.29 is 4.74 Å². The van der Waals surface area contributed by atoms with E-state index in [1.54, 1.807) is 13.2 Å². The van der Waals surface area contributed by atoms with Crippen LogP contribution in [0, 0.1) is 6.92 Å². The Morgan fingerprint density at radius 2 is 1.85 bits per heavy atom. The molecule has 0 radical (unpaired) electrons. The van der Waals surface area contributed by atoms with E-state index in [0.29, 0.717) is 34.0 Å². The molecule has 2 N–H and O–H groups in total. The molecule has 0 fully saturated rings. The van der Waals surface area contributed by atoms with Crippen molar-refractivity contribution in [2.24, 2.45) is 0 Å². The molecule has 0 bridgehead atoms. The number of anilines is 3. The summed E-state index contributed by atoms with van der Waals surface area (Å²) in [7, 11) is 1.65. The summed E-state index contributed by atoms with van der Waals surface area (Å²) in [5.41, 5.74) is 2.53. The molecule has 2 aromatic carbocycles. The zero-order valence-corrected chi connectivity index (χ0v) is 15.9. The molecule has 5 nitrogen and oxygen atoms in total. The van der Waals surface area contributed by atoms with Gasteiger partial charge in [0.15, 0.2) is 0 Å². The predicted molar refractivity (Wildman–Crippen MR) is 107 cm³/mol. The lowest BCUT2D eigenvalue weighted by molar-refractivity contribution is 0.410. The van der Waals surface area contributed by atoms with Crippen LogP contribution in [0.2, 0.25) is 10.0 Å². The zero-order chi connectivity index (χ0) is 18.5. The van der Waals surface area contributed by atoms with E-state index in [0.717, 1.165) is 17.0 Å². The molecule has 0 atom stereocenters. The molecular weight excluding hydrogens is 371 g/mol. The average Bonchev–Trinajstić information content (AvgIpc) is 2.63. The van der Waals surface area contributed by atoms with Crippen LogP contribution in [0.1, 0.15) is 11.3 Å². The van der Waals surface area contributed by atoms with Crippen molar-refractivity contribution in [3.8, 4) is 5.75 Å². The van der Waals surface area contributed by atoms with Gasteiger partial charge in [0.1, 0.15) is 11.6 Å². The second-order valence-corrected chi connectivity index (χ2v) is 6.40. The number of nitrogens with zero attached hydrogens (tertiary/aromatic N) is 2. The number of para-hydroxylation sites is 1. The number of hydrogen-bond donors (Lipinski definition) is 2. The molecule has 3 rings (SSSR count). The van der Waals surface area contributed by atoms with Crippen LogP contribution in [0.5, 0.6) is 5.75 Å². The fraction of sp³-hybridized carbons (Fsp3) is 0.158. The van der Waals surface area contributed by atoms with E-state index in [1.807, 2.05) is 49.4 Å². The highest BCUT2D eigenvalue weighted by atomic mass is 35.5. The smallest absolute Gasteiger partial charge is 0.225 e. The van der Waals surface area contributed by atoms with E-state index in [2.05, 4.69) is 20.6 Å². The van der Waals surface area contributed by atoms with Crippen LogP contribution in [0.25, 0.3) is 0 Å². The van der Waals surface area contributed by atoms with Gasteiger partial charge in [0, 0.05) is 23.9 Å². The number of aryl methyl sites for hydroxylation is 1. The van der Waals surface area contributed by atoms with E-state index in [-0.39, 0.29) is 0 Å². The highest BCUT2D eigenvalue weighted by Gasteiger charge is 2.08. The Bertz CT molecular complexity index is 918. The number of ether oxygens (including phenoxy) is 1. The van der Waals surface area contributed by atoms with Gasteiger partial charge in [-0.2, -0.15) is 4.98 Å². The van der Waals surface area contributed by atoms with Crippen molar-refractivity contribution in [3.63, 3.8) is 0 Å². The Morgan fingerprint density at radius 3 is 2.65 bits per heavy atom. The minimum Gasteiger partial charge on any atom is -0.496 e. The van der Waals surface area contributed by atoms with Gasteiger partial charge >= 0.3 is 0 Å². The quantitative estimate of drug-likeness (QED) is 0.587. The lowest BCUT2D eigenvalue weighted by atomic mass is 10.2. The fourth-order valence-corrected chi connectivity index (χ4v) is 2.82. The molecule has 3 aromatic rings. The van der Waals surface area contributed by atoms with Crippen LogP contribution in [0.3, 0.4) is 0 Å². The number of rotatable bonds is 6. The fourth-order valence-electron chi connectivity index (χ4n) is 2.47. The van der Waals surface area contributed by atoms with E-state index >= 15 is 0 Å². The maximum Gasteiger partial charge on any atom is 0.225 e. The van der Waals surface area contributed by atoms with Gasteiger partial charge in [0.05, 0.1) is 22.8 Å². The largest absolute Gasteiger partial charge is 0.496 e. The number of benzene rings is 2. The molecule has 26 heavy (non-hydrogen) atoms. The third-order valence-corrected chi connectivity index (χ3v) is 4.52. The van der Waals surface area contributed by atoms with Gasteiger partial charge in [0.25, 0.3) is 0 Å². The Balaban J connectivity index is 1.78. The van der Waals surface area contributed by atoms with Crippen molar-refractivity contribution in [3.05, 3.63) is 69.8 Å². The van der Waals surface area contributed by atoms with Crippen molar-refractivity contribution >= 4 is 40.7 Å². The summed E-state index contributed by atoms with van der Waals surface area (Å²) in [6, 6.07) is 15.0. The van der Waals surface area contributed by atoms with Gasteiger partial charge in [0.2, 0.25) is 5.95 Å². The van der Waals surface area contributed by atoms with E-state index < -0.39 is 0 Å². The number of aromatic nitrogens is 2. The first-order valence-electron chi connectivity index (χ1n) is 7.99. The molecule has 0 amide bonds. The van der Waals surface area contributed by atoms with Gasteiger partial charge in [-0.15, -0.1) is 0 Å². The minimum atomic E-state index is 0.453. The van der Waals surface area contributed by atoms with Gasteiger partial charge in [-0.3, -0.25) is 0 Å². The number of hydrogen-bond acceptors (Lipinski definition) is 5. The average molecular weight is 389 g/mol. The van der Waals surface area contributed by atoms with Crippen LogP contribution in [-0.2, 0) is 6.54 Å². The molecule has 0 aliphatic carbocycles. The van der Waals surface area contributed by atoms with Crippen molar-refractivity contribution in [2.45, 2.75) is 13.5 Å². The summed E-state index contributed by atoms with van der Waals surface area (Å²) in [5.74, 6) is 1.96. The monoisotopic (exact) mass is 388 g/mol. The highest BCUT2D eigenvalue weighted by molar-refractivity contribution is 6.43. The first-order chi connectivity index (χ1) is 12.6. The van der Waals surface area contributed by atoms with E-state index in [1.165, 1.54) is 0 Å². The molecule has 1 aromatic heterocycles. The zero-order valence-electron chi connectivity index (χ0n) is 14.4. The molecule has 0 unspecified atom stereocenters. The van der Waals surface area contributed by atoms with E-state index in [9.17, 15) is 0 Å². The molecule has 7 heteroatoms. The second kappa shape index (κ2) is 8.25. The first kappa shape index (κ1) is 18.3. The van der Waals surface area contributed by atoms with Crippen molar-refractivity contribution in [1.29, 1.82) is 0 Å². The van der Waals surface area contributed by atoms with Gasteiger partial charge in [-0.25, -0.2) is 4.98 Å². The summed E-state index contributed by atoms with van der Waals surface area (Å²) >= 11 is 12.3. The lowest BCUT2D eigenvalue weighted by Gasteiger charge is -2.12. The molecule has 1 heterocycles. The molecular formula is C19H18Cl2N4O. The van der Waals surface area contributed by atoms with Gasteiger partial charge in [-0.05, 0) is 25.1 Å². The molecule has 0 spiro atoms. The minimum absolute atomic E-state index is 0.453. The second-order valence-electron chi connectivity index (χ2n) is 5.61.